The Kier molecular flexibility index (Phi) is 5.62. The highest BCUT2D eigenvalue weighted by atomic mass is 16.5. The van der Waals surface area contributed by atoms with E-state index in [1.165, 1.54) is 5.56 Å². The lowest BCUT2D eigenvalue weighted by molar-refractivity contribution is -0.143. The second kappa shape index (κ2) is 8.31. The maximum atomic E-state index is 12.5. The van der Waals surface area contributed by atoms with Crippen LogP contribution < -0.4 is 5.32 Å². The Balaban J connectivity index is 1.21. The van der Waals surface area contributed by atoms with Crippen molar-refractivity contribution in [2.24, 2.45) is 5.92 Å². The van der Waals surface area contributed by atoms with Gasteiger partial charge < -0.3 is 19.9 Å². The third kappa shape index (κ3) is 4.19. The molecule has 28 heavy (non-hydrogen) atoms. The van der Waals surface area contributed by atoms with Gasteiger partial charge in [0.05, 0.1) is 11.0 Å². The first-order chi connectivity index (χ1) is 13.6. The molecule has 2 amide bonds. The van der Waals surface area contributed by atoms with E-state index in [4.69, 9.17) is 4.74 Å². The molecule has 1 unspecified atom stereocenters. The minimum absolute atomic E-state index is 0.0214. The van der Waals surface area contributed by atoms with Gasteiger partial charge in [-0.3, -0.25) is 9.59 Å². The Morgan fingerprint density at radius 3 is 2.86 bits per heavy atom. The summed E-state index contributed by atoms with van der Waals surface area (Å²) in [6.45, 7) is 4.58. The number of likely N-dealkylation sites (tertiary alicyclic amines) is 1. The predicted molar refractivity (Wildman–Crippen MR) is 106 cm³/mol. The highest BCUT2D eigenvalue weighted by Crippen LogP contribution is 2.21. The van der Waals surface area contributed by atoms with Crippen LogP contribution in [0.25, 0.3) is 11.0 Å². The molecular formula is C21H28N4O3. The summed E-state index contributed by atoms with van der Waals surface area (Å²) < 4.78 is 5.49. The third-order valence-electron chi connectivity index (χ3n) is 5.73. The van der Waals surface area contributed by atoms with E-state index in [1.807, 2.05) is 17.0 Å². The van der Waals surface area contributed by atoms with Crippen LogP contribution in [0.15, 0.2) is 18.2 Å². The Labute approximate surface area is 164 Å². The monoisotopic (exact) mass is 384 g/mol. The van der Waals surface area contributed by atoms with Crippen molar-refractivity contribution >= 4 is 22.8 Å². The Morgan fingerprint density at radius 2 is 2.11 bits per heavy atom. The average Bonchev–Trinajstić information content (AvgIpc) is 3.37. The summed E-state index contributed by atoms with van der Waals surface area (Å²) in [6, 6.07) is 6.13. The van der Waals surface area contributed by atoms with Crippen molar-refractivity contribution in [1.82, 2.24) is 20.2 Å². The molecule has 2 N–H and O–H groups in total. The molecule has 0 spiro atoms. The van der Waals surface area contributed by atoms with E-state index in [0.29, 0.717) is 45.5 Å². The number of aryl methyl sites for hydroxylation is 1. The number of amides is 2. The number of aromatic amines is 1. The third-order valence-corrected chi connectivity index (χ3v) is 5.73. The lowest BCUT2D eigenvalue weighted by Gasteiger charge is -2.32. The van der Waals surface area contributed by atoms with Crippen molar-refractivity contribution in [1.29, 1.82) is 0 Å². The molecular weight excluding hydrogens is 356 g/mol. The van der Waals surface area contributed by atoms with Gasteiger partial charge in [0, 0.05) is 38.6 Å². The van der Waals surface area contributed by atoms with Gasteiger partial charge in [-0.2, -0.15) is 0 Å². The van der Waals surface area contributed by atoms with E-state index in [1.54, 1.807) is 0 Å². The van der Waals surface area contributed by atoms with E-state index in [2.05, 4.69) is 28.3 Å². The number of ether oxygens (including phenoxy) is 1. The maximum Gasteiger partial charge on any atom is 0.251 e. The Morgan fingerprint density at radius 1 is 1.29 bits per heavy atom. The van der Waals surface area contributed by atoms with Crippen molar-refractivity contribution in [2.45, 2.75) is 45.1 Å². The summed E-state index contributed by atoms with van der Waals surface area (Å²) >= 11 is 0. The molecule has 2 aliphatic heterocycles. The minimum Gasteiger partial charge on any atom is -0.368 e. The van der Waals surface area contributed by atoms with Crippen molar-refractivity contribution in [3.05, 3.63) is 29.6 Å². The number of hydrogen-bond donors (Lipinski definition) is 2. The first kappa shape index (κ1) is 18.9. The topological polar surface area (TPSA) is 87.3 Å². The summed E-state index contributed by atoms with van der Waals surface area (Å²) in [5.74, 6) is 1.04. The largest absolute Gasteiger partial charge is 0.368 e. The molecule has 0 saturated carbocycles. The summed E-state index contributed by atoms with van der Waals surface area (Å²) in [5, 5.41) is 3.03. The van der Waals surface area contributed by atoms with Crippen LogP contribution in [-0.4, -0.2) is 59.0 Å². The molecule has 3 heterocycles. The van der Waals surface area contributed by atoms with Crippen LogP contribution in [0.4, 0.5) is 0 Å². The number of H-pyrrole nitrogens is 1. The van der Waals surface area contributed by atoms with Gasteiger partial charge >= 0.3 is 0 Å². The quantitative estimate of drug-likeness (QED) is 0.825. The lowest BCUT2D eigenvalue weighted by Crippen LogP contribution is -2.46. The van der Waals surface area contributed by atoms with Crippen molar-refractivity contribution in [3.63, 3.8) is 0 Å². The number of nitrogens with zero attached hydrogens (tertiary/aromatic N) is 2. The molecule has 1 atom stereocenters. The Hall–Kier alpha value is -2.41. The minimum atomic E-state index is -0.266. The van der Waals surface area contributed by atoms with Crippen LogP contribution in [0.2, 0.25) is 0 Å². The van der Waals surface area contributed by atoms with Gasteiger partial charge in [0.25, 0.3) is 5.91 Å². The van der Waals surface area contributed by atoms with E-state index in [0.717, 1.165) is 29.7 Å². The summed E-state index contributed by atoms with van der Waals surface area (Å²) in [4.78, 5) is 34.6. The molecule has 0 radical (unpaired) electrons. The van der Waals surface area contributed by atoms with Crippen molar-refractivity contribution in [2.75, 3.05) is 26.2 Å². The molecule has 7 nitrogen and oxygen atoms in total. The number of fused-ring (bicyclic) bond motifs is 1. The van der Waals surface area contributed by atoms with Gasteiger partial charge in [-0.05, 0) is 50.3 Å². The van der Waals surface area contributed by atoms with Crippen LogP contribution in [0, 0.1) is 12.8 Å². The zero-order chi connectivity index (χ0) is 19.5. The second-order valence-electron chi connectivity index (χ2n) is 7.85. The maximum absolute atomic E-state index is 12.5. The Bertz CT molecular complexity index is 848. The van der Waals surface area contributed by atoms with Gasteiger partial charge in [-0.25, -0.2) is 4.98 Å². The number of rotatable bonds is 5. The molecule has 0 aliphatic carbocycles. The number of imidazole rings is 1. The van der Waals surface area contributed by atoms with Crippen molar-refractivity contribution < 1.29 is 14.3 Å². The van der Waals surface area contributed by atoms with Crippen LogP contribution in [0.1, 0.15) is 37.1 Å². The second-order valence-corrected chi connectivity index (χ2v) is 7.85. The first-order valence-corrected chi connectivity index (χ1v) is 10.2. The van der Waals surface area contributed by atoms with E-state index < -0.39 is 0 Å². The van der Waals surface area contributed by atoms with Gasteiger partial charge in [0.15, 0.2) is 0 Å². The van der Waals surface area contributed by atoms with E-state index in [-0.39, 0.29) is 23.8 Å². The van der Waals surface area contributed by atoms with Gasteiger partial charge in [0.2, 0.25) is 5.91 Å². The standard InChI is InChI=1S/C21H28N4O3/c1-14-4-5-16-17(13-14)24-19(23-16)6-9-22-20(26)15-7-10-25(11-8-15)21(27)18-3-2-12-28-18/h4-5,13,15,18H,2-3,6-12H2,1H3,(H,22,26)(H,23,24). The highest BCUT2D eigenvalue weighted by Gasteiger charge is 2.32. The van der Waals surface area contributed by atoms with E-state index in [9.17, 15) is 9.59 Å². The normalized spacial score (nSPS) is 20.6. The van der Waals surface area contributed by atoms with Gasteiger partial charge in [0.1, 0.15) is 11.9 Å². The highest BCUT2D eigenvalue weighted by molar-refractivity contribution is 5.82. The van der Waals surface area contributed by atoms with Crippen LogP contribution in [-0.2, 0) is 20.7 Å². The lowest BCUT2D eigenvalue weighted by atomic mass is 9.95. The number of benzene rings is 1. The molecule has 150 valence electrons. The molecule has 0 bridgehead atoms. The number of carbonyl (C=O) groups is 2. The fourth-order valence-corrected chi connectivity index (χ4v) is 4.08. The number of piperidine rings is 1. The molecule has 2 saturated heterocycles. The van der Waals surface area contributed by atoms with Crippen LogP contribution in [0.5, 0.6) is 0 Å². The van der Waals surface area contributed by atoms with Crippen LogP contribution >= 0.6 is 0 Å². The summed E-state index contributed by atoms with van der Waals surface area (Å²) in [6.07, 6.45) is 3.62. The molecule has 2 fully saturated rings. The van der Waals surface area contributed by atoms with E-state index >= 15 is 0 Å². The van der Waals surface area contributed by atoms with Crippen LogP contribution in [0.3, 0.4) is 0 Å². The van der Waals surface area contributed by atoms with Gasteiger partial charge in [-0.15, -0.1) is 0 Å². The molecule has 1 aromatic carbocycles. The molecule has 1 aromatic heterocycles. The molecule has 4 rings (SSSR count). The van der Waals surface area contributed by atoms with Gasteiger partial charge in [-0.1, -0.05) is 6.07 Å². The summed E-state index contributed by atoms with van der Waals surface area (Å²) in [7, 11) is 0. The predicted octanol–water partition coefficient (Wildman–Crippen LogP) is 1.95. The number of hydrogen-bond acceptors (Lipinski definition) is 4. The fraction of sp³-hybridized carbons (Fsp3) is 0.571. The molecule has 7 heteroatoms. The zero-order valence-corrected chi connectivity index (χ0v) is 16.4. The van der Waals surface area contributed by atoms with Crippen molar-refractivity contribution in [3.8, 4) is 0 Å². The first-order valence-electron chi connectivity index (χ1n) is 10.2. The number of nitrogens with one attached hydrogen (secondary N) is 2. The number of carbonyl (C=O) groups excluding carboxylic acids is 2. The number of aromatic nitrogens is 2. The summed E-state index contributed by atoms with van der Waals surface area (Å²) in [5.41, 5.74) is 3.18. The smallest absolute Gasteiger partial charge is 0.251 e. The molecule has 2 aromatic rings. The fourth-order valence-electron chi connectivity index (χ4n) is 4.08. The zero-order valence-electron chi connectivity index (χ0n) is 16.4. The molecule has 2 aliphatic rings. The average molecular weight is 384 g/mol. The SMILES string of the molecule is Cc1ccc2nc(CCNC(=O)C3CCN(C(=O)C4CCCO4)CC3)[nH]c2c1.